The van der Waals surface area contributed by atoms with Crippen molar-refractivity contribution < 1.29 is 9.90 Å². The number of aliphatic carboxylic acids is 1. The molecule has 11 heavy (non-hydrogen) atoms. The van der Waals surface area contributed by atoms with Gasteiger partial charge in [-0.1, -0.05) is 6.42 Å². The summed E-state index contributed by atoms with van der Waals surface area (Å²) in [5, 5.41) is 11.9. The Morgan fingerprint density at radius 2 is 2.09 bits per heavy atom. The van der Waals surface area contributed by atoms with Gasteiger partial charge in [-0.3, -0.25) is 4.79 Å². The molecule has 1 rings (SSSR count). The van der Waals surface area contributed by atoms with E-state index in [2.05, 4.69) is 5.32 Å². The minimum atomic E-state index is -0.631. The van der Waals surface area contributed by atoms with Crippen LogP contribution in [0, 0.1) is 5.92 Å². The van der Waals surface area contributed by atoms with Crippen molar-refractivity contribution in [3.05, 3.63) is 0 Å². The van der Waals surface area contributed by atoms with E-state index in [1.807, 2.05) is 0 Å². The summed E-state index contributed by atoms with van der Waals surface area (Å²) in [4.78, 5) is 10.6. The largest absolute Gasteiger partial charge is 0.481 e. The maximum absolute atomic E-state index is 10.6. The highest BCUT2D eigenvalue weighted by atomic mass is 16.4. The Hall–Kier alpha value is -0.570. The van der Waals surface area contributed by atoms with Gasteiger partial charge < -0.3 is 10.4 Å². The maximum atomic E-state index is 10.6. The number of hydrogen-bond acceptors (Lipinski definition) is 2. The number of carbonyl (C=O) groups is 1. The quantitative estimate of drug-likeness (QED) is 0.593. The molecule has 0 bridgehead atoms. The van der Waals surface area contributed by atoms with Crippen molar-refractivity contribution in [2.24, 2.45) is 5.92 Å². The molecular weight excluding hydrogens is 142 g/mol. The van der Waals surface area contributed by atoms with Crippen LogP contribution in [-0.4, -0.2) is 24.2 Å². The number of carboxylic acids is 1. The van der Waals surface area contributed by atoms with Crippen molar-refractivity contribution in [2.75, 3.05) is 13.1 Å². The molecular formula is C8H15NO2. The first-order valence-electron chi connectivity index (χ1n) is 4.24. The van der Waals surface area contributed by atoms with Crippen molar-refractivity contribution >= 4 is 5.97 Å². The molecule has 1 unspecified atom stereocenters. The summed E-state index contributed by atoms with van der Waals surface area (Å²) in [6, 6.07) is 0. The molecule has 2 N–H and O–H groups in total. The highest BCUT2D eigenvalue weighted by Gasteiger charge is 2.17. The van der Waals surface area contributed by atoms with Gasteiger partial charge in [0.1, 0.15) is 0 Å². The minimum Gasteiger partial charge on any atom is -0.481 e. The molecule has 0 aliphatic carbocycles. The Balaban J connectivity index is 2.32. The van der Waals surface area contributed by atoms with E-state index in [1.165, 1.54) is 0 Å². The van der Waals surface area contributed by atoms with Crippen LogP contribution >= 0.6 is 0 Å². The molecule has 1 aliphatic heterocycles. The molecule has 1 fully saturated rings. The Labute approximate surface area is 66.8 Å². The van der Waals surface area contributed by atoms with E-state index in [1.54, 1.807) is 0 Å². The van der Waals surface area contributed by atoms with Crippen LogP contribution in [0.15, 0.2) is 0 Å². The second-order valence-electron chi connectivity index (χ2n) is 3.07. The monoisotopic (exact) mass is 157 g/mol. The summed E-state index contributed by atoms with van der Waals surface area (Å²) in [5.74, 6) is -0.739. The molecule has 3 heteroatoms. The molecule has 0 aromatic rings. The van der Waals surface area contributed by atoms with Crippen molar-refractivity contribution in [1.82, 2.24) is 5.32 Å². The average Bonchev–Trinajstić information content (AvgIpc) is 1.84. The fraction of sp³-hybridized carbons (Fsp3) is 0.875. The summed E-state index contributed by atoms with van der Waals surface area (Å²) in [5.41, 5.74) is 0. The van der Waals surface area contributed by atoms with Gasteiger partial charge in [0, 0.05) is 0 Å². The van der Waals surface area contributed by atoms with Gasteiger partial charge in [-0.05, 0) is 32.4 Å². The standard InChI is InChI=1S/C8H15NO2/c10-8(11)7-3-1-2-5-9-6-4-7/h7,9H,1-6H2,(H,10,11). The van der Waals surface area contributed by atoms with Crippen LogP contribution in [0.4, 0.5) is 0 Å². The zero-order valence-electron chi connectivity index (χ0n) is 6.68. The first-order chi connectivity index (χ1) is 5.30. The van der Waals surface area contributed by atoms with Gasteiger partial charge in [0.15, 0.2) is 0 Å². The van der Waals surface area contributed by atoms with Crippen molar-refractivity contribution in [3.8, 4) is 0 Å². The summed E-state index contributed by atoms with van der Waals surface area (Å²) >= 11 is 0. The van der Waals surface area contributed by atoms with E-state index >= 15 is 0 Å². The molecule has 0 aromatic heterocycles. The van der Waals surface area contributed by atoms with Gasteiger partial charge in [-0.2, -0.15) is 0 Å². The predicted molar refractivity (Wildman–Crippen MR) is 42.5 cm³/mol. The fourth-order valence-electron chi connectivity index (χ4n) is 1.43. The first kappa shape index (κ1) is 8.53. The van der Waals surface area contributed by atoms with Crippen LogP contribution in [0.3, 0.4) is 0 Å². The second-order valence-corrected chi connectivity index (χ2v) is 3.07. The van der Waals surface area contributed by atoms with E-state index in [-0.39, 0.29) is 5.92 Å². The van der Waals surface area contributed by atoms with E-state index in [0.717, 1.165) is 38.8 Å². The zero-order chi connectivity index (χ0) is 8.10. The Kier molecular flexibility index (Phi) is 3.36. The van der Waals surface area contributed by atoms with Gasteiger partial charge in [-0.25, -0.2) is 0 Å². The number of hydrogen-bond donors (Lipinski definition) is 2. The number of nitrogens with one attached hydrogen (secondary N) is 1. The lowest BCUT2D eigenvalue weighted by atomic mass is 9.97. The summed E-state index contributed by atoms with van der Waals surface area (Å²) in [6.07, 6.45) is 3.81. The highest BCUT2D eigenvalue weighted by molar-refractivity contribution is 5.69. The van der Waals surface area contributed by atoms with E-state index in [0.29, 0.717) is 0 Å². The first-order valence-corrected chi connectivity index (χ1v) is 4.24. The summed E-state index contributed by atoms with van der Waals surface area (Å²) in [6.45, 7) is 1.91. The van der Waals surface area contributed by atoms with Crippen molar-refractivity contribution in [2.45, 2.75) is 25.7 Å². The van der Waals surface area contributed by atoms with Crippen LogP contribution in [0.25, 0.3) is 0 Å². The molecule has 0 radical (unpaired) electrons. The second kappa shape index (κ2) is 4.34. The molecule has 1 saturated heterocycles. The molecule has 1 atom stereocenters. The van der Waals surface area contributed by atoms with Gasteiger partial charge in [0.2, 0.25) is 0 Å². The molecule has 0 saturated carbocycles. The third-order valence-electron chi connectivity index (χ3n) is 2.17. The normalized spacial score (nSPS) is 27.1. The third-order valence-corrected chi connectivity index (χ3v) is 2.17. The molecule has 3 nitrogen and oxygen atoms in total. The number of rotatable bonds is 1. The highest BCUT2D eigenvalue weighted by Crippen LogP contribution is 2.14. The topological polar surface area (TPSA) is 49.3 Å². The van der Waals surface area contributed by atoms with Crippen LogP contribution < -0.4 is 5.32 Å². The summed E-state index contributed by atoms with van der Waals surface area (Å²) < 4.78 is 0. The van der Waals surface area contributed by atoms with Gasteiger partial charge in [0.05, 0.1) is 5.92 Å². The van der Waals surface area contributed by atoms with E-state index in [4.69, 9.17) is 5.11 Å². The average molecular weight is 157 g/mol. The molecule has 1 aliphatic rings. The van der Waals surface area contributed by atoms with Crippen LogP contribution in [-0.2, 0) is 4.79 Å². The van der Waals surface area contributed by atoms with Crippen molar-refractivity contribution in [3.63, 3.8) is 0 Å². The molecule has 64 valence electrons. The Morgan fingerprint density at radius 1 is 1.27 bits per heavy atom. The summed E-state index contributed by atoms with van der Waals surface area (Å²) in [7, 11) is 0. The molecule has 1 heterocycles. The lowest BCUT2D eigenvalue weighted by Crippen LogP contribution is -2.25. The van der Waals surface area contributed by atoms with Crippen LogP contribution in [0.2, 0.25) is 0 Å². The fourth-order valence-corrected chi connectivity index (χ4v) is 1.43. The van der Waals surface area contributed by atoms with E-state index in [9.17, 15) is 4.79 Å². The van der Waals surface area contributed by atoms with Gasteiger partial charge in [0.25, 0.3) is 0 Å². The zero-order valence-corrected chi connectivity index (χ0v) is 6.68. The lowest BCUT2D eigenvalue weighted by molar-refractivity contribution is -0.142. The Bertz CT molecular complexity index is 128. The van der Waals surface area contributed by atoms with Crippen LogP contribution in [0.5, 0.6) is 0 Å². The van der Waals surface area contributed by atoms with Crippen LogP contribution in [0.1, 0.15) is 25.7 Å². The lowest BCUT2D eigenvalue weighted by Gasteiger charge is -2.15. The SMILES string of the molecule is O=C(O)C1CCCCNCC1. The molecule has 0 spiro atoms. The van der Waals surface area contributed by atoms with Gasteiger partial charge in [-0.15, -0.1) is 0 Å². The van der Waals surface area contributed by atoms with Crippen molar-refractivity contribution in [1.29, 1.82) is 0 Å². The minimum absolute atomic E-state index is 0.109. The maximum Gasteiger partial charge on any atom is 0.306 e. The third kappa shape index (κ3) is 2.89. The number of carboxylic acid groups (broad SMARTS) is 1. The molecule has 0 aromatic carbocycles. The van der Waals surface area contributed by atoms with E-state index < -0.39 is 5.97 Å². The predicted octanol–water partition coefficient (Wildman–Crippen LogP) is 0.851. The Morgan fingerprint density at radius 3 is 2.82 bits per heavy atom. The molecule has 0 amide bonds. The smallest absolute Gasteiger partial charge is 0.306 e. The van der Waals surface area contributed by atoms with Gasteiger partial charge >= 0.3 is 5.97 Å².